The molecule has 1 unspecified atom stereocenters. The number of carbonyl (C=O) groups excluding carboxylic acids is 1. The molecule has 6 heteroatoms. The van der Waals surface area contributed by atoms with Gasteiger partial charge in [-0.25, -0.2) is 0 Å². The molecule has 1 atom stereocenters. The van der Waals surface area contributed by atoms with Crippen LogP contribution in [0, 0.1) is 0 Å². The van der Waals surface area contributed by atoms with Gasteiger partial charge in [0.2, 0.25) is 5.91 Å². The molecule has 0 aromatic heterocycles. The van der Waals surface area contributed by atoms with Crippen LogP contribution >= 0.6 is 0 Å². The molecule has 0 heterocycles. The summed E-state index contributed by atoms with van der Waals surface area (Å²) in [5.41, 5.74) is 5.23. The molecule has 0 aromatic rings. The molecular formula is C8H15F3N2O. The van der Waals surface area contributed by atoms with Crippen LogP contribution in [-0.2, 0) is 4.79 Å². The molecule has 0 radical (unpaired) electrons. The van der Waals surface area contributed by atoms with E-state index in [0.717, 1.165) is 0 Å². The predicted octanol–water partition coefficient (Wildman–Crippen LogP) is 1.18. The third-order valence-corrected chi connectivity index (χ3v) is 1.60. The first-order chi connectivity index (χ1) is 6.33. The minimum atomic E-state index is -4.11. The minimum Gasteiger partial charge on any atom is -0.355 e. The van der Waals surface area contributed by atoms with Crippen molar-refractivity contribution >= 4 is 5.91 Å². The monoisotopic (exact) mass is 212 g/mol. The van der Waals surface area contributed by atoms with Gasteiger partial charge in [-0.05, 0) is 19.8 Å². The van der Waals surface area contributed by atoms with Crippen LogP contribution in [0.3, 0.4) is 0 Å². The lowest BCUT2D eigenvalue weighted by molar-refractivity contribution is -0.135. The third kappa shape index (κ3) is 7.85. The van der Waals surface area contributed by atoms with Crippen LogP contribution in [0.15, 0.2) is 0 Å². The zero-order valence-electron chi connectivity index (χ0n) is 8.03. The second-order valence-electron chi connectivity index (χ2n) is 3.15. The van der Waals surface area contributed by atoms with E-state index in [4.69, 9.17) is 5.73 Å². The van der Waals surface area contributed by atoms with Gasteiger partial charge in [-0.2, -0.15) is 13.2 Å². The number of nitrogens with two attached hydrogens (primary N) is 1. The molecule has 14 heavy (non-hydrogen) atoms. The number of carbonyl (C=O) groups is 1. The van der Waals surface area contributed by atoms with E-state index in [1.807, 2.05) is 0 Å². The molecule has 0 saturated heterocycles. The SMILES string of the molecule is CC(N)C(=O)NCCCCC(F)(F)F. The molecule has 0 aliphatic carbocycles. The minimum absolute atomic E-state index is 0.0305. The van der Waals surface area contributed by atoms with Crippen LogP contribution < -0.4 is 11.1 Å². The largest absolute Gasteiger partial charge is 0.389 e. The second kappa shape index (κ2) is 5.85. The Balaban J connectivity index is 3.35. The summed E-state index contributed by atoms with van der Waals surface area (Å²) in [4.78, 5) is 10.8. The summed E-state index contributed by atoms with van der Waals surface area (Å²) in [5.74, 6) is -0.336. The fourth-order valence-electron chi connectivity index (χ4n) is 0.823. The van der Waals surface area contributed by atoms with E-state index >= 15 is 0 Å². The van der Waals surface area contributed by atoms with E-state index in [2.05, 4.69) is 5.32 Å². The number of nitrogens with one attached hydrogen (secondary N) is 1. The van der Waals surface area contributed by atoms with Crippen molar-refractivity contribution in [3.05, 3.63) is 0 Å². The van der Waals surface area contributed by atoms with Crippen LogP contribution in [0.1, 0.15) is 26.2 Å². The van der Waals surface area contributed by atoms with Crippen molar-refractivity contribution in [1.82, 2.24) is 5.32 Å². The van der Waals surface area contributed by atoms with Crippen LogP contribution in [0.2, 0.25) is 0 Å². The van der Waals surface area contributed by atoms with Gasteiger partial charge >= 0.3 is 6.18 Å². The zero-order valence-corrected chi connectivity index (χ0v) is 8.03. The number of amides is 1. The molecular weight excluding hydrogens is 197 g/mol. The average molecular weight is 212 g/mol. The van der Waals surface area contributed by atoms with Gasteiger partial charge < -0.3 is 11.1 Å². The highest BCUT2D eigenvalue weighted by atomic mass is 19.4. The topological polar surface area (TPSA) is 55.1 Å². The van der Waals surface area contributed by atoms with Crippen molar-refractivity contribution in [3.8, 4) is 0 Å². The lowest BCUT2D eigenvalue weighted by Gasteiger charge is -2.08. The molecule has 1 amide bonds. The predicted molar refractivity (Wildman–Crippen MR) is 46.6 cm³/mol. The number of alkyl halides is 3. The summed E-state index contributed by atoms with van der Waals surface area (Å²) in [6, 6.07) is -0.613. The van der Waals surface area contributed by atoms with Crippen molar-refractivity contribution in [2.45, 2.75) is 38.4 Å². The Morgan fingerprint density at radius 1 is 1.43 bits per heavy atom. The van der Waals surface area contributed by atoms with Crippen molar-refractivity contribution < 1.29 is 18.0 Å². The van der Waals surface area contributed by atoms with Gasteiger partial charge in [0.15, 0.2) is 0 Å². The summed E-state index contributed by atoms with van der Waals surface area (Å²) in [6.45, 7) is 1.77. The number of unbranched alkanes of at least 4 members (excludes halogenated alkanes) is 1. The first-order valence-electron chi connectivity index (χ1n) is 4.43. The van der Waals surface area contributed by atoms with Crippen LogP contribution in [-0.4, -0.2) is 24.7 Å². The fraction of sp³-hybridized carbons (Fsp3) is 0.875. The summed E-state index contributed by atoms with van der Waals surface area (Å²) in [6.07, 6.45) is -4.56. The normalized spacial score (nSPS) is 13.8. The summed E-state index contributed by atoms with van der Waals surface area (Å²) < 4.78 is 35.0. The molecule has 0 saturated carbocycles. The van der Waals surface area contributed by atoms with Crippen LogP contribution in [0.25, 0.3) is 0 Å². The Hall–Kier alpha value is -0.780. The Kier molecular flexibility index (Phi) is 5.52. The van der Waals surface area contributed by atoms with Crippen LogP contribution in [0.5, 0.6) is 0 Å². The van der Waals surface area contributed by atoms with Gasteiger partial charge in [-0.15, -0.1) is 0 Å². The maximum Gasteiger partial charge on any atom is 0.389 e. The second-order valence-corrected chi connectivity index (χ2v) is 3.15. The molecule has 3 N–H and O–H groups in total. The van der Waals surface area contributed by atoms with Gasteiger partial charge in [0, 0.05) is 13.0 Å². The Morgan fingerprint density at radius 3 is 2.43 bits per heavy atom. The Labute approximate surface area is 80.8 Å². The standard InChI is InChI=1S/C8H15F3N2O/c1-6(12)7(14)13-5-3-2-4-8(9,10)11/h6H,2-5,12H2,1H3,(H,13,14). The van der Waals surface area contributed by atoms with Gasteiger partial charge in [0.25, 0.3) is 0 Å². The molecule has 3 nitrogen and oxygen atoms in total. The maximum atomic E-state index is 11.7. The highest BCUT2D eigenvalue weighted by Crippen LogP contribution is 2.21. The Bertz CT molecular complexity index is 180. The Morgan fingerprint density at radius 2 is 2.00 bits per heavy atom. The third-order valence-electron chi connectivity index (χ3n) is 1.60. The zero-order chi connectivity index (χ0) is 11.2. The van der Waals surface area contributed by atoms with Crippen molar-refractivity contribution in [2.24, 2.45) is 5.73 Å². The van der Waals surface area contributed by atoms with Gasteiger partial charge in [0.1, 0.15) is 0 Å². The smallest absolute Gasteiger partial charge is 0.355 e. The molecule has 0 aromatic carbocycles. The van der Waals surface area contributed by atoms with E-state index in [1.165, 1.54) is 6.92 Å². The number of rotatable bonds is 5. The lowest BCUT2D eigenvalue weighted by atomic mass is 10.2. The number of hydrogen-bond acceptors (Lipinski definition) is 2. The quantitative estimate of drug-likeness (QED) is 0.672. The van der Waals surface area contributed by atoms with Gasteiger partial charge in [-0.1, -0.05) is 0 Å². The van der Waals surface area contributed by atoms with E-state index in [0.29, 0.717) is 6.42 Å². The molecule has 0 fully saturated rings. The van der Waals surface area contributed by atoms with E-state index in [1.54, 1.807) is 0 Å². The van der Waals surface area contributed by atoms with Crippen molar-refractivity contribution in [3.63, 3.8) is 0 Å². The lowest BCUT2D eigenvalue weighted by Crippen LogP contribution is -2.38. The van der Waals surface area contributed by atoms with Crippen molar-refractivity contribution in [2.75, 3.05) is 6.54 Å². The van der Waals surface area contributed by atoms with E-state index in [-0.39, 0.29) is 18.9 Å². The van der Waals surface area contributed by atoms with Gasteiger partial charge in [0.05, 0.1) is 6.04 Å². The summed E-state index contributed by atoms with van der Waals surface area (Å²) in [7, 11) is 0. The summed E-state index contributed by atoms with van der Waals surface area (Å²) in [5, 5.41) is 2.44. The molecule has 0 spiro atoms. The van der Waals surface area contributed by atoms with Crippen molar-refractivity contribution in [1.29, 1.82) is 0 Å². The maximum absolute atomic E-state index is 11.7. The molecule has 0 aliphatic rings. The fourth-order valence-corrected chi connectivity index (χ4v) is 0.823. The molecule has 0 rings (SSSR count). The van der Waals surface area contributed by atoms with E-state index in [9.17, 15) is 18.0 Å². The summed E-state index contributed by atoms with van der Waals surface area (Å²) >= 11 is 0. The first-order valence-corrected chi connectivity index (χ1v) is 4.43. The first kappa shape index (κ1) is 13.2. The highest BCUT2D eigenvalue weighted by molar-refractivity contribution is 5.80. The molecule has 0 aliphatic heterocycles. The highest BCUT2D eigenvalue weighted by Gasteiger charge is 2.25. The number of halogens is 3. The molecule has 84 valence electrons. The number of hydrogen-bond donors (Lipinski definition) is 2. The molecule has 0 bridgehead atoms. The average Bonchev–Trinajstić information content (AvgIpc) is 2.01. The van der Waals surface area contributed by atoms with Crippen LogP contribution in [0.4, 0.5) is 13.2 Å². The van der Waals surface area contributed by atoms with Gasteiger partial charge in [-0.3, -0.25) is 4.79 Å². The van der Waals surface area contributed by atoms with E-state index < -0.39 is 18.6 Å².